The summed E-state index contributed by atoms with van der Waals surface area (Å²) >= 11 is 0. The largest absolute Gasteiger partial charge is 0.390 e. The smallest absolute Gasteiger partial charge is 0.253 e. The van der Waals surface area contributed by atoms with Crippen LogP contribution in [0.4, 0.5) is 5.69 Å². The molecular weight excluding hydrogens is 506 g/mol. The van der Waals surface area contributed by atoms with Crippen LogP contribution in [-0.2, 0) is 17.9 Å². The highest BCUT2D eigenvalue weighted by Gasteiger charge is 2.27. The number of pyridine rings is 2. The number of hydrogen-bond acceptors (Lipinski definition) is 6. The van der Waals surface area contributed by atoms with E-state index in [-0.39, 0.29) is 42.6 Å². The van der Waals surface area contributed by atoms with Gasteiger partial charge in [0.1, 0.15) is 0 Å². The highest BCUT2D eigenvalue weighted by atomic mass is 16.3. The summed E-state index contributed by atoms with van der Waals surface area (Å²) in [6, 6.07) is 9.95. The number of carbonyl (C=O) groups excluding carboxylic acids is 2. The number of rotatable bonds is 8. The molecule has 9 heteroatoms. The van der Waals surface area contributed by atoms with Gasteiger partial charge in [-0.2, -0.15) is 0 Å². The van der Waals surface area contributed by atoms with Crippen molar-refractivity contribution in [2.45, 2.75) is 78.6 Å². The molecule has 1 saturated carbocycles. The first kappa shape index (κ1) is 29.0. The van der Waals surface area contributed by atoms with Crippen molar-refractivity contribution >= 4 is 17.5 Å². The predicted molar refractivity (Wildman–Crippen MR) is 156 cm³/mol. The van der Waals surface area contributed by atoms with Gasteiger partial charge in [-0.1, -0.05) is 6.07 Å². The summed E-state index contributed by atoms with van der Waals surface area (Å²) in [4.78, 5) is 47.0. The number of hydrogen-bond donors (Lipinski definition) is 4. The summed E-state index contributed by atoms with van der Waals surface area (Å²) in [7, 11) is 2.06. The maximum Gasteiger partial charge on any atom is 0.253 e. The van der Waals surface area contributed by atoms with Crippen LogP contribution < -0.4 is 21.1 Å². The Hall–Kier alpha value is -3.98. The Kier molecular flexibility index (Phi) is 9.04. The zero-order valence-corrected chi connectivity index (χ0v) is 23.9. The summed E-state index contributed by atoms with van der Waals surface area (Å²) in [5, 5.41) is 15.4. The molecule has 2 amide bonds. The van der Waals surface area contributed by atoms with Crippen molar-refractivity contribution in [3.05, 3.63) is 80.5 Å². The van der Waals surface area contributed by atoms with Crippen molar-refractivity contribution < 1.29 is 14.7 Å². The van der Waals surface area contributed by atoms with Gasteiger partial charge in [-0.3, -0.25) is 19.4 Å². The maximum atomic E-state index is 13.6. The lowest BCUT2D eigenvalue weighted by Crippen LogP contribution is -2.42. The summed E-state index contributed by atoms with van der Waals surface area (Å²) in [5.74, 6) is -0.262. The van der Waals surface area contributed by atoms with Gasteiger partial charge in [0.25, 0.3) is 11.5 Å². The molecule has 1 fully saturated rings. The first-order valence-corrected chi connectivity index (χ1v) is 13.8. The SMILES string of the molecule is CC(=O)N[C@H]1CC[C@H](N(C)c2cc(-c3ccc(CO)nc3)cc(C(=O)NCc3c(C)cc(C)[nH]c3=O)c2C)CC1. The molecule has 40 heavy (non-hydrogen) atoms. The Morgan fingerprint density at radius 2 is 1.80 bits per heavy atom. The van der Waals surface area contributed by atoms with Crippen LogP contribution in [0.2, 0.25) is 0 Å². The van der Waals surface area contributed by atoms with E-state index in [2.05, 4.69) is 38.6 Å². The number of amides is 2. The predicted octanol–water partition coefficient (Wildman–Crippen LogP) is 3.67. The number of H-pyrrole nitrogens is 1. The fourth-order valence-corrected chi connectivity index (χ4v) is 5.61. The molecule has 4 N–H and O–H groups in total. The molecule has 0 spiro atoms. The first-order valence-electron chi connectivity index (χ1n) is 13.8. The average Bonchev–Trinajstić information content (AvgIpc) is 2.92. The molecule has 0 saturated heterocycles. The van der Waals surface area contributed by atoms with Crippen LogP contribution in [0.25, 0.3) is 11.1 Å². The molecule has 2 aromatic heterocycles. The summed E-state index contributed by atoms with van der Waals surface area (Å²) in [6.07, 6.45) is 5.36. The number of aromatic amines is 1. The second-order valence-electron chi connectivity index (χ2n) is 10.8. The Balaban J connectivity index is 1.65. The summed E-state index contributed by atoms with van der Waals surface area (Å²) in [5.41, 5.74) is 6.51. The molecule has 3 aromatic rings. The normalized spacial score (nSPS) is 16.9. The zero-order chi connectivity index (χ0) is 29.0. The quantitative estimate of drug-likeness (QED) is 0.342. The van der Waals surface area contributed by atoms with Crippen LogP contribution in [0.15, 0.2) is 41.3 Å². The fourth-order valence-electron chi connectivity index (χ4n) is 5.61. The van der Waals surface area contributed by atoms with Crippen molar-refractivity contribution in [2.24, 2.45) is 0 Å². The lowest BCUT2D eigenvalue weighted by atomic mass is 9.89. The molecule has 1 aromatic carbocycles. The highest BCUT2D eigenvalue weighted by Crippen LogP contribution is 2.34. The van der Waals surface area contributed by atoms with Gasteiger partial charge in [0.05, 0.1) is 12.3 Å². The van der Waals surface area contributed by atoms with Crippen LogP contribution in [0, 0.1) is 20.8 Å². The number of anilines is 1. The van der Waals surface area contributed by atoms with Gasteiger partial charge in [-0.15, -0.1) is 0 Å². The van der Waals surface area contributed by atoms with E-state index in [9.17, 15) is 19.5 Å². The number of carbonyl (C=O) groups is 2. The van der Waals surface area contributed by atoms with E-state index < -0.39 is 0 Å². The van der Waals surface area contributed by atoms with Crippen molar-refractivity contribution in [2.75, 3.05) is 11.9 Å². The zero-order valence-electron chi connectivity index (χ0n) is 23.9. The van der Waals surface area contributed by atoms with Gasteiger partial charge in [0.2, 0.25) is 5.91 Å². The van der Waals surface area contributed by atoms with Gasteiger partial charge in [0.15, 0.2) is 0 Å². The molecule has 212 valence electrons. The number of aryl methyl sites for hydroxylation is 2. The fraction of sp³-hybridized carbons (Fsp3) is 0.419. The third-order valence-corrected chi connectivity index (χ3v) is 7.90. The van der Waals surface area contributed by atoms with Gasteiger partial charge >= 0.3 is 0 Å². The monoisotopic (exact) mass is 545 g/mol. The molecule has 0 unspecified atom stereocenters. The molecule has 0 aliphatic heterocycles. The van der Waals surface area contributed by atoms with Crippen molar-refractivity contribution in [1.29, 1.82) is 0 Å². The van der Waals surface area contributed by atoms with Crippen LogP contribution in [0.3, 0.4) is 0 Å². The maximum absolute atomic E-state index is 13.6. The second kappa shape index (κ2) is 12.5. The third kappa shape index (κ3) is 6.59. The van der Waals surface area contributed by atoms with E-state index in [1.165, 1.54) is 0 Å². The van der Waals surface area contributed by atoms with Crippen LogP contribution >= 0.6 is 0 Å². The standard InChI is InChI=1S/C31H39N5O4/c1-18-12-19(2)34-31(40)28(18)16-33-30(39)27-13-23(22-6-7-25(17-37)32-15-22)14-29(20(27)3)36(5)26-10-8-24(9-11-26)35-21(4)38/h6-7,12-15,24,26,37H,8-11,16-17H2,1-5H3,(H,33,39)(H,34,40)(H,35,38)/t24-,26-. The minimum Gasteiger partial charge on any atom is -0.390 e. The summed E-state index contributed by atoms with van der Waals surface area (Å²) in [6.45, 7) is 7.18. The topological polar surface area (TPSA) is 127 Å². The number of aliphatic hydroxyl groups is 1. The Labute approximate surface area is 235 Å². The molecule has 2 heterocycles. The van der Waals surface area contributed by atoms with Gasteiger partial charge < -0.3 is 25.6 Å². The number of nitrogens with zero attached hydrogens (tertiary/aromatic N) is 2. The average molecular weight is 546 g/mol. The third-order valence-electron chi connectivity index (χ3n) is 7.90. The van der Waals surface area contributed by atoms with E-state index in [0.717, 1.165) is 59.3 Å². The lowest BCUT2D eigenvalue weighted by molar-refractivity contribution is -0.119. The van der Waals surface area contributed by atoms with Crippen LogP contribution in [0.5, 0.6) is 0 Å². The van der Waals surface area contributed by atoms with E-state index in [0.29, 0.717) is 16.8 Å². The van der Waals surface area contributed by atoms with E-state index in [4.69, 9.17) is 0 Å². The Bertz CT molecular complexity index is 1440. The van der Waals surface area contributed by atoms with E-state index >= 15 is 0 Å². The number of aliphatic hydroxyl groups excluding tert-OH is 1. The van der Waals surface area contributed by atoms with Gasteiger partial charge in [-0.05, 0) is 87.4 Å². The molecule has 0 radical (unpaired) electrons. The lowest BCUT2D eigenvalue weighted by Gasteiger charge is -2.37. The highest BCUT2D eigenvalue weighted by molar-refractivity contribution is 5.99. The molecule has 4 rings (SSSR count). The second-order valence-corrected chi connectivity index (χ2v) is 10.8. The van der Waals surface area contributed by atoms with Gasteiger partial charge in [0, 0.05) is 66.9 Å². The van der Waals surface area contributed by atoms with E-state index in [1.54, 1.807) is 19.2 Å². The molecule has 1 aliphatic rings. The van der Waals surface area contributed by atoms with Gasteiger partial charge in [-0.25, -0.2) is 0 Å². The minimum atomic E-state index is -0.261. The molecule has 9 nitrogen and oxygen atoms in total. The number of aromatic nitrogens is 2. The van der Waals surface area contributed by atoms with E-state index in [1.807, 2.05) is 39.0 Å². The minimum absolute atomic E-state index is 0.000322. The van der Waals surface area contributed by atoms with Crippen molar-refractivity contribution in [1.82, 2.24) is 20.6 Å². The molecule has 0 atom stereocenters. The summed E-state index contributed by atoms with van der Waals surface area (Å²) < 4.78 is 0. The van der Waals surface area contributed by atoms with Crippen molar-refractivity contribution in [3.63, 3.8) is 0 Å². The first-order chi connectivity index (χ1) is 19.1. The van der Waals surface area contributed by atoms with Crippen LogP contribution in [0.1, 0.15) is 71.0 Å². The molecule has 1 aliphatic carbocycles. The molecule has 0 bridgehead atoms. The number of benzene rings is 1. The van der Waals surface area contributed by atoms with Crippen LogP contribution in [-0.4, -0.2) is 46.0 Å². The van der Waals surface area contributed by atoms with Crippen molar-refractivity contribution in [3.8, 4) is 11.1 Å². The molecular formula is C31H39N5O4. The Morgan fingerprint density at radius 3 is 2.40 bits per heavy atom. The number of nitrogens with one attached hydrogen (secondary N) is 3. The Morgan fingerprint density at radius 1 is 1.07 bits per heavy atom.